The summed E-state index contributed by atoms with van der Waals surface area (Å²) in [5.74, 6) is 7.90. The molecule has 28 rings (SSSR count). The summed E-state index contributed by atoms with van der Waals surface area (Å²) in [5, 5.41) is 16.7. The highest BCUT2D eigenvalue weighted by Crippen LogP contribution is 2.41. The third-order valence-corrected chi connectivity index (χ3v) is 43.3. The highest BCUT2D eigenvalue weighted by molar-refractivity contribution is 7.06. The van der Waals surface area contributed by atoms with Gasteiger partial charge in [-0.1, -0.05) is 422 Å². The lowest BCUT2D eigenvalue weighted by molar-refractivity contribution is 0.933. The molecule has 0 saturated carbocycles. The molecule has 0 N–H and O–H groups in total. The molecule has 0 unspecified atom stereocenters. The van der Waals surface area contributed by atoms with Crippen LogP contribution in [0.5, 0.6) is 0 Å². The number of hydrogen-bond acceptors (Lipinski definition) is 12. The molecule has 4 aliphatic heterocycles. The van der Waals surface area contributed by atoms with Crippen LogP contribution >= 0.6 is 0 Å². The van der Waals surface area contributed by atoms with E-state index in [1.54, 1.807) is 0 Å². The first-order chi connectivity index (χ1) is 70.4. The molecule has 16 aromatic carbocycles. The van der Waals surface area contributed by atoms with Crippen LogP contribution in [0, 0.1) is 0 Å². The fourth-order valence-corrected chi connectivity index (χ4v) is 34.5. The molecule has 688 valence electrons. The van der Waals surface area contributed by atoms with Gasteiger partial charge in [-0.25, -0.2) is 19.9 Å². The summed E-state index contributed by atoms with van der Waals surface area (Å²) in [6.07, 6.45) is 8.37. The van der Waals surface area contributed by atoms with Gasteiger partial charge in [0.15, 0.2) is 46.6 Å². The summed E-state index contributed by atoms with van der Waals surface area (Å²) in [6, 6.07) is 144. The Kier molecular flexibility index (Phi) is 21.7. The van der Waals surface area contributed by atoms with Crippen LogP contribution in [0.4, 0.5) is 0 Å². The van der Waals surface area contributed by atoms with Gasteiger partial charge >= 0.3 is 0 Å². The zero-order valence-electron chi connectivity index (χ0n) is 80.7. The molecule has 0 spiro atoms. The van der Waals surface area contributed by atoms with E-state index in [4.69, 9.17) is 59.8 Å². The summed E-state index contributed by atoms with van der Waals surface area (Å²) < 4.78 is 8.55. The molecule has 0 amide bonds. The fourth-order valence-electron chi connectivity index (χ4n) is 21.9. The maximum absolute atomic E-state index is 5.00. The topological polar surface area (TPSA) is 174 Å². The molecule has 16 nitrogen and oxygen atoms in total. The monoisotopic (exact) mass is 1920 g/mol. The van der Waals surface area contributed by atoms with Crippen molar-refractivity contribution >= 4 is 117 Å². The van der Waals surface area contributed by atoms with E-state index in [0.29, 0.717) is 70.4 Å². The molecule has 8 aromatic heterocycles. The van der Waals surface area contributed by atoms with Gasteiger partial charge in [0.25, 0.3) is 0 Å². The Bertz CT molecular complexity index is 8880. The number of nitrogens with zero attached hydrogens (tertiary/aromatic N) is 16. The fraction of sp³-hybridized carbons (Fsp3) is 0.0645. The van der Waals surface area contributed by atoms with Crippen molar-refractivity contribution in [2.24, 2.45) is 0 Å². The van der Waals surface area contributed by atoms with Crippen LogP contribution in [-0.2, 0) is 0 Å². The first kappa shape index (κ1) is 88.0. The van der Waals surface area contributed by atoms with Crippen molar-refractivity contribution in [3.63, 3.8) is 0 Å². The number of aromatic nitrogens is 16. The first-order valence-electron chi connectivity index (χ1n) is 48.9. The normalized spacial score (nSPS) is 13.5. The highest BCUT2D eigenvalue weighted by atomic mass is 28.3. The molecule has 4 aliphatic rings. The standard InChI is InChI=1S/4C31H24N4Si/c1-36(2)27-16-10-9-15-24(27)25-20-26-23(19-28(25)36)17-18-35(26)31-33-29(21-11-5-3-6-12-21)32-30(34-31)22-13-7-4-8-14-22;1-36(2)27-16-10-9-15-24(27)25-19-23-17-18-35(26(23)20-28(25)36)31-33-29(21-11-5-3-6-12-21)32-30(34-31)22-13-7-4-8-14-22;1-36(2)26-16-10-9-15-24(26)25-18-17-21-19-20-35(27(21)28(25)36)31-33-29(22-11-5-3-6-12-22)32-30(34-31)23-13-7-4-8-14-23;1-36(2)25-16-10-9-15-24(25)27-26(36)18-17-21-19-20-35(28(21)27)31-33-29(22-11-5-3-6-12-22)32-30(34-31)23-13-7-4-8-14-23/h4*3-20H,1-2H3. The zero-order valence-corrected chi connectivity index (χ0v) is 84.7. The Morgan fingerprint density at radius 3 is 0.799 bits per heavy atom. The molecule has 0 saturated heterocycles. The average molecular weight is 1920 g/mol. The van der Waals surface area contributed by atoms with Crippen LogP contribution in [0.15, 0.2) is 437 Å². The SMILES string of the molecule is C[Si]1(C)c2ccccc2-c2c1ccc1ccn(-c3nc(-c4ccccc4)nc(-c4ccccc4)n3)c21.C[Si]1(C)c2ccccc2-c2cc3c(ccn3-c3nc(-c4ccccc4)nc(-c4ccccc4)n3)cc21.C[Si]1(C)c2ccccc2-c2cc3ccn(-c4nc(-c5ccccc5)nc(-c5ccccc5)n4)c3cc21.C[Si]1(C)c2ccccc2-c2ccc3ccn(-c4nc(-c5ccccc5)nc(-c5ccccc5)n4)c3c21. The van der Waals surface area contributed by atoms with E-state index in [-0.39, 0.29) is 0 Å². The van der Waals surface area contributed by atoms with Crippen LogP contribution in [0.2, 0.25) is 52.4 Å². The Morgan fingerprint density at radius 1 is 0.167 bits per heavy atom. The van der Waals surface area contributed by atoms with E-state index < -0.39 is 32.3 Å². The summed E-state index contributed by atoms with van der Waals surface area (Å²) in [7, 11) is -7.23. The van der Waals surface area contributed by atoms with Gasteiger partial charge in [-0.15, -0.1) is 0 Å². The number of rotatable bonds is 12. The minimum atomic E-state index is -1.92. The molecule has 0 atom stereocenters. The molecule has 12 heterocycles. The molecular formula is C124H96N16Si4. The van der Waals surface area contributed by atoms with E-state index in [0.717, 1.165) is 55.5 Å². The van der Waals surface area contributed by atoms with Gasteiger partial charge < -0.3 is 0 Å². The van der Waals surface area contributed by atoms with Crippen molar-refractivity contribution < 1.29 is 0 Å². The lowest BCUT2D eigenvalue weighted by atomic mass is 10.0. The minimum absolute atomic E-state index is 0.625. The van der Waals surface area contributed by atoms with Crippen LogP contribution in [-0.4, -0.2) is 110 Å². The van der Waals surface area contributed by atoms with Gasteiger partial charge in [-0.3, -0.25) is 18.3 Å². The molecular weight excluding hydrogens is 1830 g/mol. The van der Waals surface area contributed by atoms with Crippen LogP contribution in [0.3, 0.4) is 0 Å². The van der Waals surface area contributed by atoms with Crippen molar-refractivity contribution in [1.29, 1.82) is 0 Å². The molecule has 0 aliphatic carbocycles. The summed E-state index contributed by atoms with van der Waals surface area (Å²) in [4.78, 5) is 59.2. The zero-order chi connectivity index (χ0) is 97.1. The van der Waals surface area contributed by atoms with Gasteiger partial charge in [0.05, 0.1) is 22.1 Å². The van der Waals surface area contributed by atoms with E-state index >= 15 is 0 Å². The largest absolute Gasteiger partial charge is 0.285 e. The minimum Gasteiger partial charge on any atom is -0.285 e. The summed E-state index contributed by atoms with van der Waals surface area (Å²) >= 11 is 0. The molecule has 0 bridgehead atoms. The molecule has 0 fully saturated rings. The average Bonchev–Trinajstić information content (AvgIpc) is 1.56. The Morgan fingerprint density at radius 2 is 0.424 bits per heavy atom. The van der Waals surface area contributed by atoms with Gasteiger partial charge in [-0.05, 0) is 134 Å². The quantitative estimate of drug-likeness (QED) is 0.106. The first-order valence-corrected chi connectivity index (χ1v) is 60.9. The molecule has 0 radical (unpaired) electrons. The molecule has 20 heteroatoms. The van der Waals surface area contributed by atoms with E-state index in [1.807, 2.05) is 243 Å². The van der Waals surface area contributed by atoms with Crippen molar-refractivity contribution in [3.8, 4) is 159 Å². The van der Waals surface area contributed by atoms with Crippen molar-refractivity contribution in [3.05, 3.63) is 437 Å². The molecule has 24 aromatic rings. The van der Waals surface area contributed by atoms with Crippen molar-refractivity contribution in [2.45, 2.75) is 52.4 Å². The highest BCUT2D eigenvalue weighted by Gasteiger charge is 2.43. The van der Waals surface area contributed by atoms with E-state index in [9.17, 15) is 0 Å². The number of benzene rings is 16. The predicted molar refractivity (Wildman–Crippen MR) is 599 cm³/mol. The lowest BCUT2D eigenvalue weighted by Crippen LogP contribution is -2.49. The predicted octanol–water partition coefficient (Wildman–Crippen LogP) is 23.8. The third kappa shape index (κ3) is 15.3. The van der Waals surface area contributed by atoms with E-state index in [1.165, 1.54) is 119 Å². The number of fused-ring (bicyclic) bond motifs is 18. The smallest absolute Gasteiger partial charge is 0.238 e. The Labute approximate surface area is 838 Å². The van der Waals surface area contributed by atoms with Crippen LogP contribution in [0.25, 0.3) is 203 Å². The second kappa shape index (κ2) is 35.4. The molecule has 144 heavy (non-hydrogen) atoms. The second-order valence-corrected chi connectivity index (χ2v) is 56.5. The maximum atomic E-state index is 5.00. The summed E-state index contributed by atoms with van der Waals surface area (Å²) in [6.45, 7) is 19.6. The van der Waals surface area contributed by atoms with Crippen LogP contribution in [0.1, 0.15) is 0 Å². The lowest BCUT2D eigenvalue weighted by Gasteiger charge is -2.21. The van der Waals surface area contributed by atoms with Gasteiger partial charge in [0.1, 0.15) is 32.3 Å². The third-order valence-electron chi connectivity index (χ3n) is 29.2. The second-order valence-electron chi connectivity index (χ2n) is 39.2. The van der Waals surface area contributed by atoms with Crippen molar-refractivity contribution in [1.82, 2.24) is 78.1 Å². The Hall–Kier alpha value is -17.4. The summed E-state index contributed by atoms with van der Waals surface area (Å²) in [5.41, 5.74) is 23.2. The maximum Gasteiger partial charge on any atom is 0.238 e. The van der Waals surface area contributed by atoms with Gasteiger partial charge in [0.2, 0.25) is 23.8 Å². The van der Waals surface area contributed by atoms with E-state index in [2.05, 4.69) is 265 Å². The Balaban J connectivity index is 0.000000101. The van der Waals surface area contributed by atoms with Crippen LogP contribution < -0.4 is 41.5 Å². The van der Waals surface area contributed by atoms with Gasteiger partial charge in [0, 0.05) is 85.6 Å². The van der Waals surface area contributed by atoms with Gasteiger partial charge in [-0.2, -0.15) is 39.9 Å². The number of hydrogen-bond donors (Lipinski definition) is 0. The van der Waals surface area contributed by atoms with Crippen molar-refractivity contribution in [2.75, 3.05) is 0 Å².